The lowest BCUT2D eigenvalue weighted by Gasteiger charge is -2.24. The lowest BCUT2D eigenvalue weighted by atomic mass is 9.81. The quantitative estimate of drug-likeness (QED) is 0.759. The Hall–Kier alpha value is -1.70. The van der Waals surface area contributed by atoms with Crippen LogP contribution < -0.4 is 0 Å². The molecule has 0 saturated heterocycles. The van der Waals surface area contributed by atoms with Crippen LogP contribution in [0.2, 0.25) is 0 Å². The molecule has 0 unspecified atom stereocenters. The molecule has 3 rings (SSSR count). The number of rotatable bonds is 2. The summed E-state index contributed by atoms with van der Waals surface area (Å²) in [4.78, 5) is 8.88. The van der Waals surface area contributed by atoms with Gasteiger partial charge in [0.15, 0.2) is 5.82 Å². The van der Waals surface area contributed by atoms with Crippen molar-refractivity contribution in [3.05, 3.63) is 48.3 Å². The normalized spacial score (nSPS) is 15.8. The first-order valence-corrected chi connectivity index (χ1v) is 5.81. The van der Waals surface area contributed by atoms with Crippen molar-refractivity contribution in [1.29, 1.82) is 0 Å². The molecular formula is C14H14N2. The average molecular weight is 210 g/mol. The highest BCUT2D eigenvalue weighted by Gasteiger charge is 2.19. The van der Waals surface area contributed by atoms with Gasteiger partial charge in [0.1, 0.15) is 0 Å². The summed E-state index contributed by atoms with van der Waals surface area (Å²) in [6, 6.07) is 10.1. The second kappa shape index (κ2) is 4.05. The smallest absolute Gasteiger partial charge is 0.159 e. The summed E-state index contributed by atoms with van der Waals surface area (Å²) in [6.07, 6.45) is 7.92. The molecule has 1 aromatic heterocycles. The van der Waals surface area contributed by atoms with Gasteiger partial charge >= 0.3 is 0 Å². The Morgan fingerprint density at radius 3 is 2.19 bits per heavy atom. The van der Waals surface area contributed by atoms with Crippen LogP contribution in [0, 0.1) is 0 Å². The molecule has 2 aromatic rings. The van der Waals surface area contributed by atoms with E-state index in [1.165, 1.54) is 24.8 Å². The van der Waals surface area contributed by atoms with Crippen molar-refractivity contribution >= 4 is 0 Å². The Morgan fingerprint density at radius 1 is 0.938 bits per heavy atom. The Kier molecular flexibility index (Phi) is 2.41. The zero-order chi connectivity index (χ0) is 10.8. The summed E-state index contributed by atoms with van der Waals surface area (Å²) in [7, 11) is 0. The van der Waals surface area contributed by atoms with E-state index < -0.39 is 0 Å². The summed E-state index contributed by atoms with van der Waals surface area (Å²) in [5, 5.41) is 0. The second-order valence-corrected chi connectivity index (χ2v) is 4.33. The van der Waals surface area contributed by atoms with E-state index in [-0.39, 0.29) is 0 Å². The van der Waals surface area contributed by atoms with Crippen molar-refractivity contribution in [1.82, 2.24) is 9.97 Å². The largest absolute Gasteiger partial charge is 0.236 e. The molecule has 2 heteroatoms. The summed E-state index contributed by atoms with van der Waals surface area (Å²) in [5.74, 6) is 1.54. The third-order valence-electron chi connectivity index (χ3n) is 3.28. The maximum absolute atomic E-state index is 4.44. The summed E-state index contributed by atoms with van der Waals surface area (Å²) in [6.45, 7) is 0. The van der Waals surface area contributed by atoms with E-state index in [0.29, 0.717) is 5.92 Å². The van der Waals surface area contributed by atoms with Crippen LogP contribution in [0.5, 0.6) is 0 Å². The van der Waals surface area contributed by atoms with Crippen molar-refractivity contribution in [2.75, 3.05) is 0 Å². The van der Waals surface area contributed by atoms with Crippen molar-refractivity contribution in [2.24, 2.45) is 0 Å². The van der Waals surface area contributed by atoms with E-state index in [4.69, 9.17) is 0 Å². The summed E-state index contributed by atoms with van der Waals surface area (Å²) in [5.41, 5.74) is 2.38. The molecule has 0 amide bonds. The minimum atomic E-state index is 0.713. The minimum absolute atomic E-state index is 0.713. The number of hydrogen-bond acceptors (Lipinski definition) is 2. The first-order valence-electron chi connectivity index (χ1n) is 5.81. The van der Waals surface area contributed by atoms with Gasteiger partial charge < -0.3 is 0 Å². The van der Waals surface area contributed by atoms with Gasteiger partial charge in [0.25, 0.3) is 0 Å². The zero-order valence-corrected chi connectivity index (χ0v) is 9.13. The van der Waals surface area contributed by atoms with Crippen molar-refractivity contribution in [2.45, 2.75) is 25.2 Å². The monoisotopic (exact) mass is 210 g/mol. The van der Waals surface area contributed by atoms with Crippen LogP contribution in [-0.2, 0) is 0 Å². The van der Waals surface area contributed by atoms with E-state index in [2.05, 4.69) is 9.97 Å². The van der Waals surface area contributed by atoms with Crippen molar-refractivity contribution in [3.63, 3.8) is 0 Å². The Balaban J connectivity index is 1.87. The van der Waals surface area contributed by atoms with Gasteiger partial charge in [-0.3, -0.25) is 0 Å². The molecule has 2 nitrogen and oxygen atoms in total. The highest BCUT2D eigenvalue weighted by atomic mass is 14.9. The fourth-order valence-electron chi connectivity index (χ4n) is 2.03. The van der Waals surface area contributed by atoms with Crippen LogP contribution in [0.4, 0.5) is 0 Å². The first kappa shape index (κ1) is 9.52. The molecule has 1 aliphatic rings. The van der Waals surface area contributed by atoms with Crippen LogP contribution in [0.3, 0.4) is 0 Å². The van der Waals surface area contributed by atoms with Gasteiger partial charge in [0.05, 0.1) is 0 Å². The molecule has 16 heavy (non-hydrogen) atoms. The maximum atomic E-state index is 4.44. The Bertz CT molecular complexity index is 458. The summed E-state index contributed by atoms with van der Waals surface area (Å²) >= 11 is 0. The van der Waals surface area contributed by atoms with E-state index in [1.807, 2.05) is 42.7 Å². The van der Waals surface area contributed by atoms with Gasteiger partial charge in [-0.15, -0.1) is 0 Å². The fraction of sp³-hybridized carbons (Fsp3) is 0.286. The van der Waals surface area contributed by atoms with Gasteiger partial charge in [-0.1, -0.05) is 36.8 Å². The minimum Gasteiger partial charge on any atom is -0.236 e. The number of hydrogen-bond donors (Lipinski definition) is 0. The molecule has 1 aliphatic carbocycles. The standard InChI is InChI=1S/C14H14N2/c1-2-5-12(6-3-1)14-15-9-13(10-16-14)11-7-4-8-11/h1-3,5-6,9-11H,4,7-8H2. The van der Waals surface area contributed by atoms with Crippen LogP contribution in [0.15, 0.2) is 42.7 Å². The molecule has 0 aliphatic heterocycles. The van der Waals surface area contributed by atoms with Gasteiger partial charge in [-0.05, 0) is 24.3 Å². The molecule has 0 spiro atoms. The average Bonchev–Trinajstić information content (AvgIpc) is 2.29. The number of benzene rings is 1. The van der Waals surface area contributed by atoms with Crippen LogP contribution in [-0.4, -0.2) is 9.97 Å². The van der Waals surface area contributed by atoms with Gasteiger partial charge in [-0.25, -0.2) is 9.97 Å². The number of aromatic nitrogens is 2. The molecular weight excluding hydrogens is 196 g/mol. The highest BCUT2D eigenvalue weighted by Crippen LogP contribution is 2.35. The van der Waals surface area contributed by atoms with Crippen LogP contribution in [0.25, 0.3) is 11.4 Å². The van der Waals surface area contributed by atoms with E-state index in [9.17, 15) is 0 Å². The molecule has 0 bridgehead atoms. The molecule has 1 fully saturated rings. The molecule has 0 radical (unpaired) electrons. The maximum Gasteiger partial charge on any atom is 0.159 e. The lowest BCUT2D eigenvalue weighted by molar-refractivity contribution is 0.418. The molecule has 1 aromatic carbocycles. The Labute approximate surface area is 95.4 Å². The second-order valence-electron chi connectivity index (χ2n) is 4.33. The molecule has 1 heterocycles. The molecule has 0 N–H and O–H groups in total. The topological polar surface area (TPSA) is 25.8 Å². The number of nitrogens with zero attached hydrogens (tertiary/aromatic N) is 2. The zero-order valence-electron chi connectivity index (χ0n) is 9.13. The molecule has 1 saturated carbocycles. The van der Waals surface area contributed by atoms with Gasteiger partial charge in [-0.2, -0.15) is 0 Å². The molecule has 0 atom stereocenters. The fourth-order valence-corrected chi connectivity index (χ4v) is 2.03. The van der Waals surface area contributed by atoms with E-state index >= 15 is 0 Å². The lowest BCUT2D eigenvalue weighted by Crippen LogP contribution is -2.09. The van der Waals surface area contributed by atoms with Crippen molar-refractivity contribution < 1.29 is 0 Å². The van der Waals surface area contributed by atoms with Gasteiger partial charge in [0.2, 0.25) is 0 Å². The SMILES string of the molecule is c1ccc(-c2ncc(C3CCC3)cn2)cc1. The van der Waals surface area contributed by atoms with Crippen LogP contribution in [0.1, 0.15) is 30.7 Å². The summed E-state index contributed by atoms with van der Waals surface area (Å²) < 4.78 is 0. The Morgan fingerprint density at radius 2 is 1.62 bits per heavy atom. The van der Waals surface area contributed by atoms with E-state index in [1.54, 1.807) is 0 Å². The van der Waals surface area contributed by atoms with Crippen LogP contribution >= 0.6 is 0 Å². The third-order valence-corrected chi connectivity index (χ3v) is 3.28. The highest BCUT2D eigenvalue weighted by molar-refractivity contribution is 5.54. The predicted molar refractivity (Wildman–Crippen MR) is 64.1 cm³/mol. The molecule has 80 valence electrons. The third kappa shape index (κ3) is 1.71. The first-order chi connectivity index (χ1) is 7.93. The van der Waals surface area contributed by atoms with E-state index in [0.717, 1.165) is 11.4 Å². The van der Waals surface area contributed by atoms with Crippen molar-refractivity contribution in [3.8, 4) is 11.4 Å². The predicted octanol–water partition coefficient (Wildman–Crippen LogP) is 3.41. The van der Waals surface area contributed by atoms with Gasteiger partial charge in [0, 0.05) is 18.0 Å².